The number of ether oxygens (including phenoxy) is 2. The number of anilines is 2. The summed E-state index contributed by atoms with van der Waals surface area (Å²) in [6.07, 6.45) is 0. The molecule has 1 unspecified atom stereocenters. The van der Waals surface area contributed by atoms with Crippen LogP contribution in [-0.4, -0.2) is 4.98 Å². The molecule has 7 aromatic rings. The number of aromatic amines is 1. The standard InChI is InChI=1S/C41H31N3O2/c1-3-11-27(12-4-1)25-42-29-20-22-37-34(23-29)41(33-21-19-30(24-38(33)45-37)43-26-28-13-5-2-6-14-28)39-31-15-7-9-17-35(31)44-40(39)32-16-8-10-18-36(32)46-41/h1-24,42-44H,25-26H2. The van der Waals surface area contributed by atoms with Crippen LogP contribution in [0.4, 0.5) is 11.4 Å². The molecular formula is C41H31N3O2. The molecule has 0 aliphatic carbocycles. The Hall–Kier alpha value is -5.94. The number of fused-ring (bicyclic) bond motifs is 10. The third-order valence-corrected chi connectivity index (χ3v) is 9.10. The molecule has 0 radical (unpaired) electrons. The van der Waals surface area contributed by atoms with Gasteiger partial charge in [0.2, 0.25) is 0 Å². The van der Waals surface area contributed by atoms with Crippen LogP contribution < -0.4 is 20.1 Å². The first-order valence-electron chi connectivity index (χ1n) is 15.7. The van der Waals surface area contributed by atoms with E-state index in [-0.39, 0.29) is 0 Å². The van der Waals surface area contributed by atoms with Gasteiger partial charge in [-0.2, -0.15) is 0 Å². The Balaban J connectivity index is 1.23. The van der Waals surface area contributed by atoms with E-state index in [1.165, 1.54) is 11.1 Å². The van der Waals surface area contributed by atoms with Gasteiger partial charge in [-0.15, -0.1) is 0 Å². The van der Waals surface area contributed by atoms with Crippen molar-refractivity contribution in [2.45, 2.75) is 18.7 Å². The average molecular weight is 598 g/mol. The number of benzene rings is 6. The van der Waals surface area contributed by atoms with E-state index in [2.05, 4.69) is 143 Å². The Morgan fingerprint density at radius 1 is 0.543 bits per heavy atom. The molecule has 1 aromatic heterocycles. The van der Waals surface area contributed by atoms with Gasteiger partial charge in [-0.1, -0.05) is 91.0 Å². The number of nitrogens with one attached hydrogen (secondary N) is 3. The van der Waals surface area contributed by atoms with Crippen LogP contribution in [0.2, 0.25) is 0 Å². The van der Waals surface area contributed by atoms with E-state index in [4.69, 9.17) is 9.47 Å². The van der Waals surface area contributed by atoms with Crippen LogP contribution in [-0.2, 0) is 18.7 Å². The minimum Gasteiger partial charge on any atom is -0.472 e. The van der Waals surface area contributed by atoms with Gasteiger partial charge >= 0.3 is 0 Å². The number of hydrogen-bond acceptors (Lipinski definition) is 4. The first-order chi connectivity index (χ1) is 22.8. The van der Waals surface area contributed by atoms with E-state index in [1.807, 2.05) is 18.2 Å². The van der Waals surface area contributed by atoms with Crippen molar-refractivity contribution in [2.75, 3.05) is 10.6 Å². The van der Waals surface area contributed by atoms with E-state index < -0.39 is 5.60 Å². The summed E-state index contributed by atoms with van der Waals surface area (Å²) in [6.45, 7) is 1.43. The molecule has 9 rings (SSSR count). The molecule has 0 amide bonds. The maximum Gasteiger partial charge on any atom is 0.194 e. The maximum absolute atomic E-state index is 7.35. The zero-order valence-electron chi connectivity index (χ0n) is 25.1. The summed E-state index contributed by atoms with van der Waals surface area (Å²) in [6, 6.07) is 50.4. The summed E-state index contributed by atoms with van der Waals surface area (Å²) in [5.41, 5.74) is 9.66. The molecule has 2 aliphatic rings. The molecule has 1 atom stereocenters. The first-order valence-corrected chi connectivity index (χ1v) is 15.7. The molecule has 46 heavy (non-hydrogen) atoms. The van der Waals surface area contributed by atoms with Gasteiger partial charge in [0.15, 0.2) is 5.60 Å². The van der Waals surface area contributed by atoms with E-state index in [9.17, 15) is 0 Å². The quantitative estimate of drug-likeness (QED) is 0.179. The molecule has 6 aromatic carbocycles. The summed E-state index contributed by atoms with van der Waals surface area (Å²) in [4.78, 5) is 3.77. The monoisotopic (exact) mass is 597 g/mol. The SMILES string of the molecule is c1ccc(CNc2ccc3c(c2)Oc2ccc(NCc4ccccc4)cc2C32Oc3ccccc3-c3[nH]c4ccccc4c32)cc1. The van der Waals surface area contributed by atoms with Gasteiger partial charge in [-0.25, -0.2) is 0 Å². The van der Waals surface area contributed by atoms with Crippen molar-refractivity contribution in [3.8, 4) is 28.5 Å². The fraction of sp³-hybridized carbons (Fsp3) is 0.0732. The van der Waals surface area contributed by atoms with E-state index >= 15 is 0 Å². The Kier molecular flexibility index (Phi) is 6.10. The lowest BCUT2D eigenvalue weighted by Gasteiger charge is -2.43. The second kappa shape index (κ2) is 10.6. The second-order valence-corrected chi connectivity index (χ2v) is 11.9. The fourth-order valence-electron chi connectivity index (χ4n) is 6.94. The molecule has 1 spiro atoms. The van der Waals surface area contributed by atoms with Crippen LogP contribution in [0.15, 0.2) is 146 Å². The molecule has 0 saturated carbocycles. The molecule has 5 heteroatoms. The zero-order chi connectivity index (χ0) is 30.5. The van der Waals surface area contributed by atoms with Gasteiger partial charge in [0.25, 0.3) is 0 Å². The van der Waals surface area contributed by atoms with E-state index in [0.29, 0.717) is 13.1 Å². The lowest BCUT2D eigenvalue weighted by molar-refractivity contribution is 0.139. The van der Waals surface area contributed by atoms with Crippen LogP contribution >= 0.6 is 0 Å². The number of rotatable bonds is 6. The molecule has 0 bridgehead atoms. The highest BCUT2D eigenvalue weighted by molar-refractivity contribution is 5.96. The maximum atomic E-state index is 7.35. The third kappa shape index (κ3) is 4.24. The lowest BCUT2D eigenvalue weighted by Crippen LogP contribution is -2.40. The van der Waals surface area contributed by atoms with Crippen molar-refractivity contribution in [2.24, 2.45) is 0 Å². The summed E-state index contributed by atoms with van der Waals surface area (Å²) >= 11 is 0. The van der Waals surface area contributed by atoms with Crippen molar-refractivity contribution in [3.05, 3.63) is 173 Å². The highest BCUT2D eigenvalue weighted by Crippen LogP contribution is 2.60. The summed E-state index contributed by atoms with van der Waals surface area (Å²) < 4.78 is 14.1. The number of hydrogen-bond donors (Lipinski definition) is 3. The van der Waals surface area contributed by atoms with Gasteiger partial charge < -0.3 is 25.1 Å². The molecule has 222 valence electrons. The van der Waals surface area contributed by atoms with Crippen molar-refractivity contribution in [1.29, 1.82) is 0 Å². The highest BCUT2D eigenvalue weighted by atomic mass is 16.5. The van der Waals surface area contributed by atoms with E-state index in [1.54, 1.807) is 0 Å². The van der Waals surface area contributed by atoms with Gasteiger partial charge in [0.1, 0.15) is 17.2 Å². The predicted octanol–water partition coefficient (Wildman–Crippen LogP) is 9.85. The molecule has 0 fully saturated rings. The summed E-state index contributed by atoms with van der Waals surface area (Å²) in [5, 5.41) is 8.36. The largest absolute Gasteiger partial charge is 0.472 e. The fourth-order valence-corrected chi connectivity index (χ4v) is 6.94. The highest BCUT2D eigenvalue weighted by Gasteiger charge is 2.52. The van der Waals surface area contributed by atoms with Crippen molar-refractivity contribution < 1.29 is 9.47 Å². The van der Waals surface area contributed by atoms with Crippen LogP contribution in [0.25, 0.3) is 22.2 Å². The smallest absolute Gasteiger partial charge is 0.194 e. The van der Waals surface area contributed by atoms with Crippen molar-refractivity contribution >= 4 is 22.3 Å². The molecule has 2 aliphatic heterocycles. The number of aromatic nitrogens is 1. The molecular weight excluding hydrogens is 566 g/mol. The summed E-state index contributed by atoms with van der Waals surface area (Å²) in [5.74, 6) is 2.37. The van der Waals surface area contributed by atoms with Gasteiger partial charge in [0.05, 0.1) is 5.69 Å². The van der Waals surface area contributed by atoms with Crippen LogP contribution in [0.1, 0.15) is 27.8 Å². The molecule has 3 N–H and O–H groups in total. The minimum atomic E-state index is -0.964. The average Bonchev–Trinajstić information content (AvgIpc) is 3.52. The second-order valence-electron chi connectivity index (χ2n) is 11.9. The van der Waals surface area contributed by atoms with Crippen LogP contribution in [0, 0.1) is 0 Å². The Morgan fingerprint density at radius 2 is 1.20 bits per heavy atom. The third-order valence-electron chi connectivity index (χ3n) is 9.10. The van der Waals surface area contributed by atoms with Gasteiger partial charge in [0, 0.05) is 63.7 Å². The predicted molar refractivity (Wildman–Crippen MR) is 185 cm³/mol. The van der Waals surface area contributed by atoms with Gasteiger partial charge in [-0.3, -0.25) is 0 Å². The van der Waals surface area contributed by atoms with Crippen molar-refractivity contribution in [1.82, 2.24) is 4.98 Å². The Labute approximate surface area is 267 Å². The van der Waals surface area contributed by atoms with Crippen molar-refractivity contribution in [3.63, 3.8) is 0 Å². The minimum absolute atomic E-state index is 0.711. The van der Waals surface area contributed by atoms with Crippen LogP contribution in [0.5, 0.6) is 17.2 Å². The summed E-state index contributed by atoms with van der Waals surface area (Å²) in [7, 11) is 0. The molecule has 0 saturated heterocycles. The number of para-hydroxylation sites is 2. The topological polar surface area (TPSA) is 58.3 Å². The van der Waals surface area contributed by atoms with Gasteiger partial charge in [-0.05, 0) is 59.7 Å². The first kappa shape index (κ1) is 26.5. The molecule has 3 heterocycles. The number of H-pyrrole nitrogens is 1. The Bertz CT molecular complexity index is 2220. The Morgan fingerprint density at radius 3 is 1.98 bits per heavy atom. The van der Waals surface area contributed by atoms with Crippen LogP contribution in [0.3, 0.4) is 0 Å². The zero-order valence-corrected chi connectivity index (χ0v) is 25.1. The normalized spacial score (nSPS) is 15.6. The van der Waals surface area contributed by atoms with E-state index in [0.717, 1.165) is 67.5 Å². The lowest BCUT2D eigenvalue weighted by atomic mass is 9.74. The molecule has 5 nitrogen and oxygen atoms in total.